The van der Waals surface area contributed by atoms with E-state index in [4.69, 9.17) is 9.47 Å². The van der Waals surface area contributed by atoms with Gasteiger partial charge in [0.25, 0.3) is 0 Å². The van der Waals surface area contributed by atoms with Gasteiger partial charge in [-0.3, -0.25) is 4.90 Å². The number of nitrogens with one attached hydrogen (secondary N) is 1. The number of rotatable bonds is 14. The molecule has 1 saturated carbocycles. The smallest absolute Gasteiger partial charge is 0.243 e. The van der Waals surface area contributed by atoms with Crippen LogP contribution >= 0.6 is 0 Å². The van der Waals surface area contributed by atoms with Gasteiger partial charge >= 0.3 is 0 Å². The Kier molecular flexibility index (Phi) is 10.1. The van der Waals surface area contributed by atoms with Crippen LogP contribution in [0, 0.1) is 0 Å². The van der Waals surface area contributed by atoms with Crippen LogP contribution in [0.4, 0.5) is 0 Å². The molecule has 4 fully saturated rings. The lowest BCUT2D eigenvalue weighted by molar-refractivity contribution is -0.0312. The van der Waals surface area contributed by atoms with Crippen molar-refractivity contribution in [3.05, 3.63) is 78.4 Å². The molecule has 50 heavy (non-hydrogen) atoms. The molecule has 2 atom stereocenters. The molecule has 0 amide bonds. The average molecular weight is 726 g/mol. The monoisotopic (exact) mass is 725 g/mol. The third-order valence-electron chi connectivity index (χ3n) is 10.8. The molecule has 3 heterocycles. The molecule has 1 unspecified atom stereocenters. The van der Waals surface area contributed by atoms with Gasteiger partial charge in [0.15, 0.2) is 9.84 Å². The summed E-state index contributed by atoms with van der Waals surface area (Å²) >= 11 is 0. The Bertz CT molecular complexity index is 1870. The molecule has 3 aromatic carbocycles. The molecule has 13 heteroatoms. The summed E-state index contributed by atoms with van der Waals surface area (Å²) in [5, 5.41) is 23.6. The number of sulfonamides is 1. The molecule has 1 aliphatic carbocycles. The van der Waals surface area contributed by atoms with Crippen LogP contribution in [0.2, 0.25) is 0 Å². The lowest BCUT2D eigenvalue weighted by Gasteiger charge is -2.38. The number of likely N-dealkylation sites (tertiary alicyclic amines) is 1. The molecule has 3 aromatic rings. The van der Waals surface area contributed by atoms with Crippen molar-refractivity contribution in [1.29, 1.82) is 0 Å². The molecule has 0 radical (unpaired) electrons. The minimum Gasteiger partial charge on any atom is -0.491 e. The lowest BCUT2D eigenvalue weighted by Crippen LogP contribution is -2.47. The second kappa shape index (κ2) is 14.3. The fourth-order valence-electron chi connectivity index (χ4n) is 7.23. The van der Waals surface area contributed by atoms with E-state index in [0.717, 1.165) is 30.8 Å². The third kappa shape index (κ3) is 7.38. The SMILES string of the molecule is O=S(=O)(c1cccc(-c2ccc(CN3CCC3)cc2)c1)N1CCC2(CC1)C[C@H](NCC(O)COc1cccc(S(=O)(=O)C3(CO)CC3)c1)CO2. The maximum atomic E-state index is 13.7. The first-order valence-corrected chi connectivity index (χ1v) is 20.5. The zero-order chi connectivity index (χ0) is 35.0. The van der Waals surface area contributed by atoms with Crippen LogP contribution in [0.3, 0.4) is 0 Å². The van der Waals surface area contributed by atoms with Gasteiger partial charge in [-0.15, -0.1) is 0 Å². The summed E-state index contributed by atoms with van der Waals surface area (Å²) in [5.41, 5.74) is 2.72. The second-order valence-corrected chi connectivity index (χ2v) is 18.6. The first kappa shape index (κ1) is 35.5. The van der Waals surface area contributed by atoms with E-state index in [0.29, 0.717) is 62.4 Å². The number of hydrogen-bond acceptors (Lipinski definition) is 10. The predicted octanol–water partition coefficient (Wildman–Crippen LogP) is 3.20. The molecular formula is C37H47N3O8S2. The zero-order valence-electron chi connectivity index (χ0n) is 28.2. The van der Waals surface area contributed by atoms with Crippen LogP contribution < -0.4 is 10.1 Å². The van der Waals surface area contributed by atoms with Gasteiger partial charge in [-0.1, -0.05) is 42.5 Å². The highest BCUT2D eigenvalue weighted by Gasteiger charge is 2.54. The van der Waals surface area contributed by atoms with E-state index in [1.54, 1.807) is 34.6 Å². The Morgan fingerprint density at radius 2 is 1.60 bits per heavy atom. The van der Waals surface area contributed by atoms with Gasteiger partial charge in [0.1, 0.15) is 18.5 Å². The minimum absolute atomic E-state index is 0.00321. The van der Waals surface area contributed by atoms with Crippen molar-refractivity contribution < 1.29 is 36.5 Å². The number of piperidine rings is 1. The predicted molar refractivity (Wildman–Crippen MR) is 189 cm³/mol. The summed E-state index contributed by atoms with van der Waals surface area (Å²) in [5.74, 6) is 0.335. The molecule has 3 N–H and O–H groups in total. The highest BCUT2D eigenvalue weighted by Crippen LogP contribution is 2.46. The molecule has 3 saturated heterocycles. The third-order valence-corrected chi connectivity index (χ3v) is 15.3. The van der Waals surface area contributed by atoms with E-state index in [-0.39, 0.29) is 24.1 Å². The Morgan fingerprint density at radius 1 is 0.880 bits per heavy atom. The van der Waals surface area contributed by atoms with Crippen LogP contribution in [0.1, 0.15) is 44.1 Å². The second-order valence-electron chi connectivity index (χ2n) is 14.3. The molecule has 11 nitrogen and oxygen atoms in total. The lowest BCUT2D eigenvalue weighted by atomic mass is 9.88. The number of sulfone groups is 1. The molecule has 1 spiro atoms. The maximum absolute atomic E-state index is 13.7. The quantitative estimate of drug-likeness (QED) is 0.227. The first-order chi connectivity index (χ1) is 24.0. The largest absolute Gasteiger partial charge is 0.491 e. The summed E-state index contributed by atoms with van der Waals surface area (Å²) in [6.07, 6.45) is 3.18. The minimum atomic E-state index is -3.68. The van der Waals surface area contributed by atoms with Crippen LogP contribution in [0.25, 0.3) is 11.1 Å². The van der Waals surface area contributed by atoms with E-state index < -0.39 is 42.9 Å². The number of aliphatic hydroxyl groups excluding tert-OH is 2. The number of ether oxygens (including phenoxy) is 2. The van der Waals surface area contributed by atoms with Gasteiger partial charge in [-0.2, -0.15) is 4.31 Å². The Labute approximate surface area is 295 Å². The van der Waals surface area contributed by atoms with E-state index in [9.17, 15) is 27.0 Å². The number of benzene rings is 3. The summed E-state index contributed by atoms with van der Waals surface area (Å²) < 4.78 is 65.7. The summed E-state index contributed by atoms with van der Waals surface area (Å²) in [6.45, 7) is 4.27. The summed E-state index contributed by atoms with van der Waals surface area (Å²) in [4.78, 5) is 2.81. The molecule has 0 bridgehead atoms. The van der Waals surface area contributed by atoms with Gasteiger partial charge in [0.2, 0.25) is 10.0 Å². The normalized spacial score (nSPS) is 22.6. The maximum Gasteiger partial charge on any atom is 0.243 e. The van der Waals surface area contributed by atoms with Gasteiger partial charge in [-0.25, -0.2) is 16.8 Å². The number of nitrogens with zero attached hydrogens (tertiary/aromatic N) is 2. The first-order valence-electron chi connectivity index (χ1n) is 17.6. The van der Waals surface area contributed by atoms with Crippen LogP contribution in [0.5, 0.6) is 5.75 Å². The molecule has 4 aliphatic rings. The number of hydrogen-bond donors (Lipinski definition) is 3. The van der Waals surface area contributed by atoms with Crippen LogP contribution in [0.15, 0.2) is 82.6 Å². The number of aliphatic hydroxyl groups is 2. The molecule has 270 valence electrons. The van der Waals surface area contributed by atoms with Crippen molar-refractivity contribution in [3.8, 4) is 16.9 Å². The summed E-state index contributed by atoms with van der Waals surface area (Å²) in [6, 6.07) is 21.8. The fraction of sp³-hybridized carbons (Fsp3) is 0.514. The van der Waals surface area contributed by atoms with Gasteiger partial charge in [0.05, 0.1) is 33.4 Å². The Morgan fingerprint density at radius 3 is 2.28 bits per heavy atom. The van der Waals surface area contributed by atoms with Crippen LogP contribution in [-0.2, 0) is 31.1 Å². The molecular weight excluding hydrogens is 679 g/mol. The standard InChI is InChI=1S/C37H47N3O8S2/c41-27-37(12-13-37)49(43,44)34-6-2-5-33(21-34)47-26-32(42)23-38-31-22-36(48-25-31)14-18-40(19-15-36)50(45,46)35-7-1-4-30(20-35)29-10-8-28(9-11-29)24-39-16-3-17-39/h1-2,4-11,20-21,31-32,38,41-42H,3,12-19,22-27H2/t31-,32?/m0/s1. The van der Waals surface area contributed by atoms with Crippen molar-refractivity contribution in [2.24, 2.45) is 0 Å². The van der Waals surface area contributed by atoms with Crippen LogP contribution in [-0.4, -0.2) is 111 Å². The van der Waals surface area contributed by atoms with Crippen molar-refractivity contribution in [3.63, 3.8) is 0 Å². The van der Waals surface area contributed by atoms with E-state index in [2.05, 4.69) is 34.5 Å². The molecule has 3 aliphatic heterocycles. The Hall–Kier alpha value is -2.88. The summed E-state index contributed by atoms with van der Waals surface area (Å²) in [7, 11) is -7.35. The van der Waals surface area contributed by atoms with Crippen molar-refractivity contribution in [2.75, 3.05) is 52.5 Å². The molecule has 0 aromatic heterocycles. The average Bonchev–Trinajstić information content (AvgIpc) is 3.84. The Balaban J connectivity index is 0.876. The van der Waals surface area contributed by atoms with Crippen molar-refractivity contribution in [1.82, 2.24) is 14.5 Å². The fourth-order valence-corrected chi connectivity index (χ4v) is 10.6. The van der Waals surface area contributed by atoms with E-state index >= 15 is 0 Å². The van der Waals surface area contributed by atoms with Gasteiger partial charge in [-0.05, 0) is 98.6 Å². The van der Waals surface area contributed by atoms with E-state index in [1.165, 1.54) is 24.1 Å². The van der Waals surface area contributed by atoms with Gasteiger partial charge < -0.3 is 25.0 Å². The zero-order valence-corrected chi connectivity index (χ0v) is 29.9. The van der Waals surface area contributed by atoms with Crippen molar-refractivity contribution in [2.45, 2.75) is 77.4 Å². The van der Waals surface area contributed by atoms with E-state index in [1.807, 2.05) is 6.07 Å². The molecule has 7 rings (SSSR count). The topological polar surface area (TPSA) is 146 Å². The highest BCUT2D eigenvalue weighted by atomic mass is 32.2. The van der Waals surface area contributed by atoms with Gasteiger partial charge in [0, 0.05) is 32.2 Å². The van der Waals surface area contributed by atoms with Crippen molar-refractivity contribution >= 4 is 19.9 Å². The highest BCUT2D eigenvalue weighted by molar-refractivity contribution is 7.93.